The van der Waals surface area contributed by atoms with E-state index in [1.54, 1.807) is 0 Å². The number of hydrogen-bond acceptors (Lipinski definition) is 0. The van der Waals surface area contributed by atoms with Crippen molar-refractivity contribution in [2.45, 2.75) is 19.8 Å². The second-order valence-electron chi connectivity index (χ2n) is 4.14. The third-order valence-electron chi connectivity index (χ3n) is 2.86. The van der Waals surface area contributed by atoms with Crippen molar-refractivity contribution in [3.05, 3.63) is 59.7 Å². The molecule has 0 unspecified atom stereocenters. The Hall–Kier alpha value is -2.00. The monoisotopic (exact) mass is 220 g/mol. The molecule has 0 saturated carbocycles. The van der Waals surface area contributed by atoms with Crippen LogP contribution in [-0.2, 0) is 6.42 Å². The van der Waals surface area contributed by atoms with Crippen LogP contribution in [0, 0.1) is 12.3 Å². The van der Waals surface area contributed by atoms with Gasteiger partial charge in [-0.1, -0.05) is 61.7 Å². The fourth-order valence-corrected chi connectivity index (χ4v) is 2.02. The van der Waals surface area contributed by atoms with Crippen LogP contribution in [0.25, 0.3) is 11.1 Å². The van der Waals surface area contributed by atoms with Crippen molar-refractivity contribution in [1.82, 2.24) is 0 Å². The summed E-state index contributed by atoms with van der Waals surface area (Å²) in [6, 6.07) is 16.7. The molecule has 0 aromatic heterocycles. The number of benzene rings is 2. The third-order valence-corrected chi connectivity index (χ3v) is 2.86. The Bertz CT molecular complexity index is 530. The Balaban J connectivity index is 2.46. The maximum Gasteiger partial charge on any atom is 0.0323 e. The van der Waals surface area contributed by atoms with Gasteiger partial charge in [-0.05, 0) is 29.2 Å². The molecule has 2 aromatic carbocycles. The molecular weight excluding hydrogens is 204 g/mol. The molecular formula is C17H16. The summed E-state index contributed by atoms with van der Waals surface area (Å²) in [5.41, 5.74) is 4.64. The van der Waals surface area contributed by atoms with E-state index in [0.717, 1.165) is 24.0 Å². The first kappa shape index (κ1) is 11.5. The quantitative estimate of drug-likeness (QED) is 0.677. The van der Waals surface area contributed by atoms with Crippen LogP contribution in [0.4, 0.5) is 0 Å². The van der Waals surface area contributed by atoms with E-state index in [1.807, 2.05) is 18.2 Å². The van der Waals surface area contributed by atoms with E-state index in [9.17, 15) is 0 Å². The highest BCUT2D eigenvalue weighted by atomic mass is 14.1. The predicted octanol–water partition coefficient (Wildman–Crippen LogP) is 4.29. The van der Waals surface area contributed by atoms with Crippen LogP contribution >= 0.6 is 0 Å². The maximum absolute atomic E-state index is 5.60. The summed E-state index contributed by atoms with van der Waals surface area (Å²) < 4.78 is 0. The van der Waals surface area contributed by atoms with Crippen LogP contribution < -0.4 is 0 Å². The van der Waals surface area contributed by atoms with Crippen molar-refractivity contribution in [3.63, 3.8) is 0 Å². The third kappa shape index (κ3) is 2.57. The minimum Gasteiger partial charge on any atom is -0.115 e. The molecule has 0 N–H and O–H groups in total. The van der Waals surface area contributed by atoms with Crippen LogP contribution in [0.5, 0.6) is 0 Å². The molecule has 2 rings (SSSR count). The Kier molecular flexibility index (Phi) is 3.62. The van der Waals surface area contributed by atoms with Crippen LogP contribution in [0.1, 0.15) is 24.5 Å². The SMILES string of the molecule is C#Cc1cc(CCC)ccc1-c1ccccc1. The lowest BCUT2D eigenvalue weighted by Gasteiger charge is -2.07. The summed E-state index contributed by atoms with van der Waals surface area (Å²) >= 11 is 0. The zero-order chi connectivity index (χ0) is 12.1. The second kappa shape index (κ2) is 5.37. The molecule has 0 bridgehead atoms. The number of terminal acetylenes is 1. The molecule has 0 amide bonds. The van der Waals surface area contributed by atoms with Gasteiger partial charge in [0.15, 0.2) is 0 Å². The highest BCUT2D eigenvalue weighted by molar-refractivity contribution is 5.71. The fraction of sp³-hybridized carbons (Fsp3) is 0.176. The molecule has 0 aliphatic heterocycles. The first-order chi connectivity index (χ1) is 8.35. The van der Waals surface area contributed by atoms with Gasteiger partial charge < -0.3 is 0 Å². The lowest BCUT2D eigenvalue weighted by atomic mass is 9.96. The van der Waals surface area contributed by atoms with Crippen LogP contribution in [0.15, 0.2) is 48.5 Å². The van der Waals surface area contributed by atoms with Gasteiger partial charge in [-0.3, -0.25) is 0 Å². The number of aryl methyl sites for hydroxylation is 1. The van der Waals surface area contributed by atoms with E-state index in [-0.39, 0.29) is 0 Å². The van der Waals surface area contributed by atoms with E-state index in [1.165, 1.54) is 11.1 Å². The second-order valence-corrected chi connectivity index (χ2v) is 4.14. The summed E-state index contributed by atoms with van der Waals surface area (Å²) in [5, 5.41) is 0. The highest BCUT2D eigenvalue weighted by Crippen LogP contribution is 2.24. The zero-order valence-electron chi connectivity index (χ0n) is 10.1. The van der Waals surface area contributed by atoms with Gasteiger partial charge in [0.1, 0.15) is 0 Å². The maximum atomic E-state index is 5.60. The Labute approximate surface area is 103 Å². The van der Waals surface area contributed by atoms with Gasteiger partial charge in [-0.25, -0.2) is 0 Å². The molecule has 0 heteroatoms. The van der Waals surface area contributed by atoms with Crippen molar-refractivity contribution in [2.75, 3.05) is 0 Å². The standard InChI is InChI=1S/C17H16/c1-3-8-14-11-12-17(15(4-2)13-14)16-9-6-5-7-10-16/h2,5-7,9-13H,3,8H2,1H3. The van der Waals surface area contributed by atoms with Gasteiger partial charge in [-0.15, -0.1) is 6.42 Å². The first-order valence-electron chi connectivity index (χ1n) is 6.00. The van der Waals surface area contributed by atoms with Crippen molar-refractivity contribution < 1.29 is 0 Å². The lowest BCUT2D eigenvalue weighted by molar-refractivity contribution is 0.921. The Morgan fingerprint density at radius 2 is 1.82 bits per heavy atom. The van der Waals surface area contributed by atoms with Crippen LogP contribution in [0.3, 0.4) is 0 Å². The van der Waals surface area contributed by atoms with Gasteiger partial charge in [0.2, 0.25) is 0 Å². The molecule has 0 saturated heterocycles. The molecule has 0 heterocycles. The van der Waals surface area contributed by atoms with Crippen molar-refractivity contribution in [3.8, 4) is 23.5 Å². The summed E-state index contributed by atoms with van der Waals surface area (Å²) in [5.74, 6) is 2.79. The van der Waals surface area contributed by atoms with E-state index in [0.29, 0.717) is 0 Å². The van der Waals surface area contributed by atoms with E-state index in [4.69, 9.17) is 6.42 Å². The molecule has 0 aliphatic rings. The molecule has 0 spiro atoms. The highest BCUT2D eigenvalue weighted by Gasteiger charge is 2.03. The molecule has 0 radical (unpaired) electrons. The molecule has 0 fully saturated rings. The molecule has 84 valence electrons. The zero-order valence-corrected chi connectivity index (χ0v) is 10.1. The van der Waals surface area contributed by atoms with E-state index in [2.05, 4.69) is 43.2 Å². The van der Waals surface area contributed by atoms with Gasteiger partial charge in [-0.2, -0.15) is 0 Å². The molecule has 17 heavy (non-hydrogen) atoms. The van der Waals surface area contributed by atoms with Gasteiger partial charge in [0.05, 0.1) is 0 Å². The topological polar surface area (TPSA) is 0 Å². The summed E-state index contributed by atoms with van der Waals surface area (Å²) in [4.78, 5) is 0. The normalized spacial score (nSPS) is 9.88. The van der Waals surface area contributed by atoms with Crippen LogP contribution in [0.2, 0.25) is 0 Å². The van der Waals surface area contributed by atoms with Crippen molar-refractivity contribution in [1.29, 1.82) is 0 Å². The van der Waals surface area contributed by atoms with Gasteiger partial charge in [0, 0.05) is 5.56 Å². The van der Waals surface area contributed by atoms with Crippen molar-refractivity contribution in [2.24, 2.45) is 0 Å². The lowest BCUT2D eigenvalue weighted by Crippen LogP contribution is -1.89. The average Bonchev–Trinajstić information content (AvgIpc) is 2.40. The largest absolute Gasteiger partial charge is 0.115 e. The van der Waals surface area contributed by atoms with E-state index < -0.39 is 0 Å². The molecule has 0 nitrogen and oxygen atoms in total. The molecule has 0 aliphatic carbocycles. The predicted molar refractivity (Wildman–Crippen MR) is 73.8 cm³/mol. The number of rotatable bonds is 3. The Morgan fingerprint density at radius 1 is 1.06 bits per heavy atom. The Morgan fingerprint density at radius 3 is 2.47 bits per heavy atom. The van der Waals surface area contributed by atoms with Crippen LogP contribution in [-0.4, -0.2) is 0 Å². The minimum atomic E-state index is 0.988. The van der Waals surface area contributed by atoms with Crippen molar-refractivity contribution >= 4 is 0 Å². The summed E-state index contributed by atoms with van der Waals surface area (Å²) in [6.07, 6.45) is 7.84. The summed E-state index contributed by atoms with van der Waals surface area (Å²) in [6.45, 7) is 2.18. The van der Waals surface area contributed by atoms with E-state index >= 15 is 0 Å². The molecule has 0 atom stereocenters. The van der Waals surface area contributed by atoms with Gasteiger partial charge >= 0.3 is 0 Å². The first-order valence-corrected chi connectivity index (χ1v) is 6.00. The summed E-state index contributed by atoms with van der Waals surface area (Å²) in [7, 11) is 0. The average molecular weight is 220 g/mol. The molecule has 2 aromatic rings. The minimum absolute atomic E-state index is 0.988. The fourth-order valence-electron chi connectivity index (χ4n) is 2.02. The van der Waals surface area contributed by atoms with Gasteiger partial charge in [0.25, 0.3) is 0 Å². The smallest absolute Gasteiger partial charge is 0.0323 e. The number of hydrogen-bond donors (Lipinski definition) is 0.